The lowest BCUT2D eigenvalue weighted by Crippen LogP contribution is -2.56. The van der Waals surface area contributed by atoms with Gasteiger partial charge in [0.25, 0.3) is 0 Å². The summed E-state index contributed by atoms with van der Waals surface area (Å²) in [6, 6.07) is 8.96. The molecule has 2 unspecified atom stereocenters. The minimum Gasteiger partial charge on any atom is -0.425 e. The Balaban J connectivity index is 1.50. The zero-order valence-corrected chi connectivity index (χ0v) is 18.4. The maximum Gasteiger partial charge on any atom is 0.309 e. The Labute approximate surface area is 190 Å². The van der Waals surface area contributed by atoms with Crippen LogP contribution in [0, 0.1) is 5.82 Å². The molecule has 1 aromatic carbocycles. The van der Waals surface area contributed by atoms with Crippen molar-refractivity contribution in [1.29, 1.82) is 0 Å². The average Bonchev–Trinajstić information content (AvgIpc) is 3.16. The number of nitrogens with one attached hydrogen (secondary N) is 3. The molecule has 8 nitrogen and oxygen atoms in total. The summed E-state index contributed by atoms with van der Waals surface area (Å²) < 4.78 is 16.0. The van der Waals surface area contributed by atoms with E-state index in [9.17, 15) is 14.4 Å². The highest BCUT2D eigenvalue weighted by atomic mass is 19.1. The zero-order chi connectivity index (χ0) is 22.9. The van der Waals surface area contributed by atoms with Crippen molar-refractivity contribution in [3.05, 3.63) is 76.2 Å². The van der Waals surface area contributed by atoms with Crippen LogP contribution in [0.15, 0.2) is 53.7 Å². The standard InChI is InChI=1S/C24H27FN6O2/c1-15-8-28-19(11-27-15)10-26-9-17-14-30(13-16-2-4-18(25)5-3-16)21-12-29-23-20(22(17)21)6-7-31(33)24(23)32/h2-7,12,14-15,19,26-28,33H,8-11,13H2,1H3. The normalized spacial score (nSPS) is 18.8. The van der Waals surface area contributed by atoms with Crippen molar-refractivity contribution in [3.63, 3.8) is 0 Å². The number of fused-ring (bicyclic) bond motifs is 3. The van der Waals surface area contributed by atoms with Crippen LogP contribution in [-0.2, 0) is 13.1 Å². The van der Waals surface area contributed by atoms with E-state index in [2.05, 4.69) is 38.6 Å². The molecule has 2 atom stereocenters. The molecule has 9 heteroatoms. The summed E-state index contributed by atoms with van der Waals surface area (Å²) in [6.07, 6.45) is 5.07. The highest BCUT2D eigenvalue weighted by Gasteiger charge is 2.18. The Bertz CT molecular complexity index is 1340. The van der Waals surface area contributed by atoms with Gasteiger partial charge in [-0.3, -0.25) is 4.79 Å². The summed E-state index contributed by atoms with van der Waals surface area (Å²) >= 11 is 0. The van der Waals surface area contributed by atoms with Gasteiger partial charge in [0.2, 0.25) is 0 Å². The Morgan fingerprint density at radius 1 is 1.21 bits per heavy atom. The molecule has 1 saturated heterocycles. The van der Waals surface area contributed by atoms with E-state index in [1.165, 1.54) is 18.3 Å². The van der Waals surface area contributed by atoms with Crippen molar-refractivity contribution >= 4 is 21.8 Å². The molecule has 0 radical (unpaired) electrons. The summed E-state index contributed by atoms with van der Waals surface area (Å²) in [4.78, 5) is 16.8. The van der Waals surface area contributed by atoms with Gasteiger partial charge in [0.1, 0.15) is 11.3 Å². The molecule has 5 rings (SSSR count). The predicted octanol–water partition coefficient (Wildman–Crippen LogP) is 1.82. The first-order chi connectivity index (χ1) is 16.0. The van der Waals surface area contributed by atoms with Crippen molar-refractivity contribution in [1.82, 2.24) is 30.2 Å². The third kappa shape index (κ3) is 4.35. The topological polar surface area (TPSA) is 96.1 Å². The van der Waals surface area contributed by atoms with E-state index in [0.29, 0.717) is 35.3 Å². The fourth-order valence-corrected chi connectivity index (χ4v) is 4.46. The zero-order valence-electron chi connectivity index (χ0n) is 18.4. The monoisotopic (exact) mass is 450 g/mol. The highest BCUT2D eigenvalue weighted by Crippen LogP contribution is 2.28. The molecule has 1 aliphatic heterocycles. The molecule has 33 heavy (non-hydrogen) atoms. The summed E-state index contributed by atoms with van der Waals surface area (Å²) in [5, 5.41) is 22.0. The molecule has 3 aromatic heterocycles. The number of piperazine rings is 1. The van der Waals surface area contributed by atoms with Crippen molar-refractivity contribution < 1.29 is 9.60 Å². The first-order valence-electron chi connectivity index (χ1n) is 11.1. The van der Waals surface area contributed by atoms with Crippen LogP contribution in [0.25, 0.3) is 21.8 Å². The number of pyridine rings is 2. The van der Waals surface area contributed by atoms with Crippen molar-refractivity contribution in [2.45, 2.75) is 32.1 Å². The Hall–Kier alpha value is -3.27. The third-order valence-corrected chi connectivity index (χ3v) is 6.23. The summed E-state index contributed by atoms with van der Waals surface area (Å²) in [5.41, 5.74) is 2.55. The molecule has 4 aromatic rings. The molecular formula is C24H27FN6O2. The van der Waals surface area contributed by atoms with Gasteiger partial charge in [0, 0.05) is 68.0 Å². The van der Waals surface area contributed by atoms with Crippen LogP contribution in [0.2, 0.25) is 0 Å². The number of nitrogens with zero attached hydrogens (tertiary/aromatic N) is 3. The van der Waals surface area contributed by atoms with E-state index in [0.717, 1.165) is 41.7 Å². The second-order valence-electron chi connectivity index (χ2n) is 8.70. The molecule has 172 valence electrons. The minimum atomic E-state index is -0.550. The largest absolute Gasteiger partial charge is 0.425 e. The van der Waals surface area contributed by atoms with E-state index in [1.807, 2.05) is 0 Å². The third-order valence-electron chi connectivity index (χ3n) is 6.23. The smallest absolute Gasteiger partial charge is 0.309 e. The quantitative estimate of drug-likeness (QED) is 0.335. The van der Waals surface area contributed by atoms with Gasteiger partial charge in [-0.15, -0.1) is 0 Å². The van der Waals surface area contributed by atoms with Crippen LogP contribution < -0.4 is 21.5 Å². The molecule has 4 N–H and O–H groups in total. The Morgan fingerprint density at radius 3 is 2.79 bits per heavy atom. The van der Waals surface area contributed by atoms with E-state index in [4.69, 9.17) is 0 Å². The van der Waals surface area contributed by atoms with Gasteiger partial charge in [0.05, 0.1) is 11.7 Å². The van der Waals surface area contributed by atoms with E-state index in [-0.39, 0.29) is 11.3 Å². The lowest BCUT2D eigenvalue weighted by molar-refractivity contribution is 0.176. The fourth-order valence-electron chi connectivity index (χ4n) is 4.46. The maximum atomic E-state index is 13.4. The second-order valence-corrected chi connectivity index (χ2v) is 8.70. The average molecular weight is 451 g/mol. The van der Waals surface area contributed by atoms with Crippen molar-refractivity contribution in [2.24, 2.45) is 0 Å². The molecule has 1 aliphatic rings. The number of hydrogen-bond donors (Lipinski definition) is 4. The first kappa shape index (κ1) is 21.6. The molecule has 0 spiro atoms. The Morgan fingerprint density at radius 2 is 2.03 bits per heavy atom. The molecule has 0 bridgehead atoms. The van der Waals surface area contributed by atoms with Crippen LogP contribution in [0.5, 0.6) is 0 Å². The molecule has 1 fully saturated rings. The first-order valence-corrected chi connectivity index (χ1v) is 11.1. The van der Waals surface area contributed by atoms with E-state index in [1.54, 1.807) is 24.4 Å². The van der Waals surface area contributed by atoms with Gasteiger partial charge in [-0.1, -0.05) is 12.1 Å². The van der Waals surface area contributed by atoms with Gasteiger partial charge in [0.15, 0.2) is 0 Å². The van der Waals surface area contributed by atoms with Gasteiger partial charge in [-0.2, -0.15) is 4.73 Å². The molecule has 0 amide bonds. The number of aromatic nitrogens is 3. The van der Waals surface area contributed by atoms with Crippen molar-refractivity contribution in [2.75, 3.05) is 19.6 Å². The van der Waals surface area contributed by atoms with Gasteiger partial charge in [-0.25, -0.2) is 9.37 Å². The van der Waals surface area contributed by atoms with E-state index >= 15 is 0 Å². The minimum absolute atomic E-state index is 0.223. The summed E-state index contributed by atoms with van der Waals surface area (Å²) in [5.74, 6) is -0.269. The maximum absolute atomic E-state index is 13.4. The summed E-state index contributed by atoms with van der Waals surface area (Å²) in [6.45, 7) is 5.97. The molecule has 0 aliphatic carbocycles. The van der Waals surface area contributed by atoms with Crippen LogP contribution >= 0.6 is 0 Å². The van der Waals surface area contributed by atoms with Crippen molar-refractivity contribution in [3.8, 4) is 0 Å². The SMILES string of the molecule is CC1CNC(CNCc2cn(Cc3ccc(F)cc3)c3cnc4c(=O)n(O)ccc4c23)CN1. The van der Waals surface area contributed by atoms with Crippen LogP contribution in [0.3, 0.4) is 0 Å². The van der Waals surface area contributed by atoms with Crippen LogP contribution in [0.4, 0.5) is 4.39 Å². The number of rotatable bonds is 6. The lowest BCUT2D eigenvalue weighted by Gasteiger charge is -2.29. The Kier molecular flexibility index (Phi) is 5.84. The second kappa shape index (κ2) is 8.93. The summed E-state index contributed by atoms with van der Waals surface area (Å²) in [7, 11) is 0. The van der Waals surface area contributed by atoms with Crippen LogP contribution in [0.1, 0.15) is 18.1 Å². The molecule has 0 saturated carbocycles. The van der Waals surface area contributed by atoms with Gasteiger partial charge >= 0.3 is 5.56 Å². The van der Waals surface area contributed by atoms with Crippen LogP contribution in [-0.4, -0.2) is 51.2 Å². The number of hydrogen-bond acceptors (Lipinski definition) is 6. The predicted molar refractivity (Wildman–Crippen MR) is 125 cm³/mol. The fraction of sp³-hybridized carbons (Fsp3) is 0.333. The lowest BCUT2D eigenvalue weighted by atomic mass is 10.1. The van der Waals surface area contributed by atoms with Gasteiger partial charge in [-0.05, 0) is 36.2 Å². The molecule has 4 heterocycles. The molecular weight excluding hydrogens is 423 g/mol. The van der Waals surface area contributed by atoms with E-state index < -0.39 is 5.56 Å². The number of halogens is 1. The number of benzene rings is 1. The highest BCUT2D eigenvalue weighted by molar-refractivity contribution is 6.06. The van der Waals surface area contributed by atoms with Gasteiger partial charge < -0.3 is 25.7 Å².